The lowest BCUT2D eigenvalue weighted by atomic mass is 10.1. The average molecular weight is 391 g/mol. The van der Waals surface area contributed by atoms with E-state index in [1.807, 2.05) is 0 Å². The van der Waals surface area contributed by atoms with Crippen molar-refractivity contribution in [2.24, 2.45) is 5.92 Å². The summed E-state index contributed by atoms with van der Waals surface area (Å²) in [7, 11) is 3.35. The number of benzene rings is 2. The molecule has 0 saturated heterocycles. The van der Waals surface area contributed by atoms with E-state index in [0.29, 0.717) is 11.4 Å². The molecular formula is C20H20F3N3O2. The Morgan fingerprint density at radius 1 is 1.04 bits per heavy atom. The summed E-state index contributed by atoms with van der Waals surface area (Å²) < 4.78 is 39.1. The highest BCUT2D eigenvalue weighted by molar-refractivity contribution is 6.07. The largest absolute Gasteiger partial charge is 0.416 e. The molecule has 2 aromatic carbocycles. The molecule has 0 radical (unpaired) electrons. The van der Waals surface area contributed by atoms with Crippen LogP contribution in [0.1, 0.15) is 28.8 Å². The third kappa shape index (κ3) is 4.62. The van der Waals surface area contributed by atoms with Gasteiger partial charge >= 0.3 is 6.18 Å². The number of hydrogen-bond acceptors (Lipinski definition) is 3. The first-order chi connectivity index (χ1) is 13.1. The molecule has 8 heteroatoms. The lowest BCUT2D eigenvalue weighted by molar-refractivity contribution is -0.137. The Kier molecular flexibility index (Phi) is 5.31. The van der Waals surface area contributed by atoms with E-state index in [9.17, 15) is 22.8 Å². The third-order valence-electron chi connectivity index (χ3n) is 4.39. The predicted octanol–water partition coefficient (Wildman–Crippen LogP) is 4.37. The topological polar surface area (TPSA) is 61.4 Å². The van der Waals surface area contributed by atoms with Crippen LogP contribution in [0.5, 0.6) is 0 Å². The molecule has 0 aromatic heterocycles. The Hall–Kier alpha value is -3.03. The zero-order valence-corrected chi connectivity index (χ0v) is 15.4. The molecule has 2 aromatic rings. The molecule has 0 unspecified atom stereocenters. The number of halogens is 3. The van der Waals surface area contributed by atoms with Crippen molar-refractivity contribution >= 4 is 28.9 Å². The Bertz CT molecular complexity index is 906. The fourth-order valence-electron chi connectivity index (χ4n) is 2.72. The van der Waals surface area contributed by atoms with E-state index in [-0.39, 0.29) is 23.1 Å². The van der Waals surface area contributed by atoms with Gasteiger partial charge in [-0.05, 0) is 49.2 Å². The lowest BCUT2D eigenvalue weighted by Gasteiger charge is -2.20. The first-order valence-corrected chi connectivity index (χ1v) is 8.76. The van der Waals surface area contributed by atoms with Crippen molar-refractivity contribution in [3.8, 4) is 0 Å². The summed E-state index contributed by atoms with van der Waals surface area (Å²) in [5, 5.41) is 5.29. The smallest absolute Gasteiger partial charge is 0.376 e. The summed E-state index contributed by atoms with van der Waals surface area (Å²) in [4.78, 5) is 26.1. The van der Waals surface area contributed by atoms with Crippen LogP contribution in [0.25, 0.3) is 0 Å². The van der Waals surface area contributed by atoms with Gasteiger partial charge in [-0.3, -0.25) is 9.59 Å². The minimum Gasteiger partial charge on any atom is -0.376 e. The standard InChI is InChI=1S/C20H20F3N3O2/c1-26(2)17-9-8-14(20(21,22)23)11-16(17)25-19(28)13-4-3-5-15(10-13)24-18(27)12-6-7-12/h3-5,8-12H,6-7H2,1-2H3,(H,24,27)(H,25,28). The highest BCUT2D eigenvalue weighted by Gasteiger charge is 2.31. The SMILES string of the molecule is CN(C)c1ccc(C(F)(F)F)cc1NC(=O)c1cccc(NC(=O)C2CC2)c1. The summed E-state index contributed by atoms with van der Waals surface area (Å²) in [6, 6.07) is 9.49. The van der Waals surface area contributed by atoms with Crippen LogP contribution in [0, 0.1) is 5.92 Å². The molecule has 148 valence electrons. The van der Waals surface area contributed by atoms with Gasteiger partial charge in [-0.1, -0.05) is 6.07 Å². The van der Waals surface area contributed by atoms with Gasteiger partial charge in [0.15, 0.2) is 0 Å². The van der Waals surface area contributed by atoms with Crippen molar-refractivity contribution in [2.75, 3.05) is 29.6 Å². The van der Waals surface area contributed by atoms with Crippen molar-refractivity contribution in [3.63, 3.8) is 0 Å². The van der Waals surface area contributed by atoms with E-state index >= 15 is 0 Å². The van der Waals surface area contributed by atoms with Gasteiger partial charge in [0, 0.05) is 31.3 Å². The summed E-state index contributed by atoms with van der Waals surface area (Å²) in [5.74, 6) is -0.638. The maximum absolute atomic E-state index is 13.0. The number of nitrogens with one attached hydrogen (secondary N) is 2. The summed E-state index contributed by atoms with van der Waals surface area (Å²) in [6.07, 6.45) is -2.80. The zero-order chi connectivity index (χ0) is 20.5. The minimum atomic E-state index is -4.52. The Labute approximate surface area is 160 Å². The van der Waals surface area contributed by atoms with E-state index < -0.39 is 17.6 Å². The second-order valence-electron chi connectivity index (χ2n) is 6.92. The molecule has 1 aliphatic carbocycles. The lowest BCUT2D eigenvalue weighted by Crippen LogP contribution is -2.18. The maximum Gasteiger partial charge on any atom is 0.416 e. The van der Waals surface area contributed by atoms with E-state index in [0.717, 1.165) is 25.0 Å². The van der Waals surface area contributed by atoms with Crippen LogP contribution < -0.4 is 15.5 Å². The van der Waals surface area contributed by atoms with E-state index in [4.69, 9.17) is 0 Å². The van der Waals surface area contributed by atoms with Crippen molar-refractivity contribution < 1.29 is 22.8 Å². The monoisotopic (exact) mass is 391 g/mol. The fourth-order valence-corrected chi connectivity index (χ4v) is 2.72. The van der Waals surface area contributed by atoms with Gasteiger partial charge in [-0.25, -0.2) is 0 Å². The predicted molar refractivity (Wildman–Crippen MR) is 102 cm³/mol. The number of nitrogens with zero attached hydrogens (tertiary/aromatic N) is 1. The van der Waals surface area contributed by atoms with Gasteiger partial charge in [-0.2, -0.15) is 13.2 Å². The zero-order valence-electron chi connectivity index (χ0n) is 15.4. The average Bonchev–Trinajstić information content (AvgIpc) is 3.46. The van der Waals surface area contributed by atoms with Crippen LogP contribution in [0.3, 0.4) is 0 Å². The second kappa shape index (κ2) is 7.53. The first-order valence-electron chi connectivity index (χ1n) is 8.76. The van der Waals surface area contributed by atoms with Gasteiger partial charge in [0.05, 0.1) is 16.9 Å². The van der Waals surface area contributed by atoms with Crippen LogP contribution in [-0.2, 0) is 11.0 Å². The molecule has 2 amide bonds. The Morgan fingerprint density at radius 2 is 1.75 bits per heavy atom. The molecule has 0 bridgehead atoms. The highest BCUT2D eigenvalue weighted by Crippen LogP contribution is 2.35. The van der Waals surface area contributed by atoms with Gasteiger partial charge < -0.3 is 15.5 Å². The second-order valence-corrected chi connectivity index (χ2v) is 6.92. The molecule has 5 nitrogen and oxygen atoms in total. The summed E-state index contributed by atoms with van der Waals surface area (Å²) >= 11 is 0. The number of carbonyl (C=O) groups is 2. The van der Waals surface area contributed by atoms with Crippen molar-refractivity contribution in [1.29, 1.82) is 0 Å². The van der Waals surface area contributed by atoms with Gasteiger partial charge in [-0.15, -0.1) is 0 Å². The van der Waals surface area contributed by atoms with Gasteiger partial charge in [0.1, 0.15) is 0 Å². The normalized spacial score (nSPS) is 13.8. The fraction of sp³-hybridized carbons (Fsp3) is 0.300. The number of carbonyl (C=O) groups excluding carboxylic acids is 2. The van der Waals surface area contributed by atoms with Crippen LogP contribution in [0.4, 0.5) is 30.2 Å². The molecule has 0 heterocycles. The van der Waals surface area contributed by atoms with Crippen LogP contribution >= 0.6 is 0 Å². The number of rotatable bonds is 5. The quantitative estimate of drug-likeness (QED) is 0.796. The number of alkyl halides is 3. The van der Waals surface area contributed by atoms with Gasteiger partial charge in [0.25, 0.3) is 5.91 Å². The number of amides is 2. The molecule has 1 aliphatic rings. The van der Waals surface area contributed by atoms with Crippen molar-refractivity contribution in [3.05, 3.63) is 53.6 Å². The van der Waals surface area contributed by atoms with E-state index in [2.05, 4.69) is 10.6 Å². The number of hydrogen-bond donors (Lipinski definition) is 2. The molecular weight excluding hydrogens is 371 g/mol. The first kappa shape index (κ1) is 19.7. The Balaban J connectivity index is 1.83. The van der Waals surface area contributed by atoms with Crippen LogP contribution in [0.15, 0.2) is 42.5 Å². The molecule has 1 saturated carbocycles. The maximum atomic E-state index is 13.0. The molecule has 3 rings (SSSR count). The third-order valence-corrected chi connectivity index (χ3v) is 4.39. The molecule has 28 heavy (non-hydrogen) atoms. The molecule has 1 fully saturated rings. The molecule has 0 atom stereocenters. The Morgan fingerprint density at radius 3 is 2.36 bits per heavy atom. The number of anilines is 3. The van der Waals surface area contributed by atoms with Crippen LogP contribution in [-0.4, -0.2) is 25.9 Å². The summed E-state index contributed by atoms with van der Waals surface area (Å²) in [6.45, 7) is 0. The summed E-state index contributed by atoms with van der Waals surface area (Å²) in [5.41, 5.74) is 0.354. The van der Waals surface area contributed by atoms with Crippen molar-refractivity contribution in [1.82, 2.24) is 0 Å². The molecule has 2 N–H and O–H groups in total. The van der Waals surface area contributed by atoms with E-state index in [1.165, 1.54) is 18.2 Å². The molecule has 0 spiro atoms. The molecule has 0 aliphatic heterocycles. The van der Waals surface area contributed by atoms with E-state index in [1.54, 1.807) is 31.1 Å². The van der Waals surface area contributed by atoms with Crippen LogP contribution in [0.2, 0.25) is 0 Å². The highest BCUT2D eigenvalue weighted by atomic mass is 19.4. The van der Waals surface area contributed by atoms with Crippen molar-refractivity contribution in [2.45, 2.75) is 19.0 Å². The van der Waals surface area contributed by atoms with Gasteiger partial charge in [0.2, 0.25) is 5.91 Å². The minimum absolute atomic E-state index is 0.0187.